The van der Waals surface area contributed by atoms with E-state index >= 15 is 0 Å². The zero-order valence-corrected chi connectivity index (χ0v) is 29.7. The molecule has 2 rings (SSSR count). The van der Waals surface area contributed by atoms with Crippen LogP contribution in [-0.4, -0.2) is 11.4 Å². The number of hydrogen-bond donors (Lipinski definition) is 0. The third-order valence-electron chi connectivity index (χ3n) is 8.43. The van der Waals surface area contributed by atoms with Crippen LogP contribution in [0.25, 0.3) is 0 Å². The molecule has 0 N–H and O–H groups in total. The summed E-state index contributed by atoms with van der Waals surface area (Å²) in [5.74, 6) is 0. The molecule has 0 heterocycles. The van der Waals surface area contributed by atoms with Crippen molar-refractivity contribution in [3.8, 4) is 0 Å². The van der Waals surface area contributed by atoms with Crippen molar-refractivity contribution >= 4 is 22.8 Å². The molecule has 0 aliphatic rings. The summed E-state index contributed by atoms with van der Waals surface area (Å²) in [4.78, 5) is 10.9. The highest BCUT2D eigenvalue weighted by atomic mass is 14.8. The van der Waals surface area contributed by atoms with Crippen molar-refractivity contribution in [2.45, 2.75) is 170 Å². The van der Waals surface area contributed by atoms with Crippen LogP contribution < -0.4 is 0 Å². The number of nitrogens with zero attached hydrogens (tertiary/aromatic N) is 2. The van der Waals surface area contributed by atoms with Crippen molar-refractivity contribution in [3.63, 3.8) is 0 Å². The van der Waals surface area contributed by atoms with Crippen LogP contribution in [-0.2, 0) is 25.7 Å². The molecule has 244 valence electrons. The van der Waals surface area contributed by atoms with Crippen LogP contribution in [0.15, 0.2) is 58.5 Å². The van der Waals surface area contributed by atoms with Crippen LogP contribution in [0.5, 0.6) is 0 Å². The van der Waals surface area contributed by atoms with Gasteiger partial charge in [-0.3, -0.25) is 4.99 Å². The lowest BCUT2D eigenvalue weighted by molar-refractivity contribution is 0.674. The van der Waals surface area contributed by atoms with Crippen molar-refractivity contribution in [1.29, 1.82) is 0 Å². The zero-order chi connectivity index (χ0) is 31.8. The second-order valence-electron chi connectivity index (χ2n) is 12.8. The van der Waals surface area contributed by atoms with E-state index in [-0.39, 0.29) is 0 Å². The number of benzene rings is 2. The molecule has 44 heavy (non-hydrogen) atoms. The third kappa shape index (κ3) is 15.5. The van der Waals surface area contributed by atoms with Crippen molar-refractivity contribution in [2.24, 2.45) is 9.98 Å². The fraction of sp³-hybridized carbons (Fsp3) is 0.619. The second kappa shape index (κ2) is 23.8. The van der Waals surface area contributed by atoms with E-state index in [1.807, 2.05) is 0 Å². The largest absolute Gasteiger partial charge is 0.251 e. The van der Waals surface area contributed by atoms with Crippen LogP contribution in [0.1, 0.15) is 167 Å². The first kappa shape index (κ1) is 37.7. The average molecular weight is 599 g/mol. The van der Waals surface area contributed by atoms with Gasteiger partial charge in [0.05, 0.1) is 22.8 Å². The fourth-order valence-electron chi connectivity index (χ4n) is 5.68. The Balaban J connectivity index is 2.64. The van der Waals surface area contributed by atoms with Gasteiger partial charge in [-0.05, 0) is 130 Å². The Labute approximate surface area is 273 Å². The molecule has 0 spiro atoms. The summed E-state index contributed by atoms with van der Waals surface area (Å²) in [5.41, 5.74) is 10.1. The summed E-state index contributed by atoms with van der Waals surface area (Å²) in [6.45, 7) is 13.7. The molecule has 0 unspecified atom stereocenters. The van der Waals surface area contributed by atoms with Crippen LogP contribution in [0.4, 0.5) is 11.4 Å². The molecule has 2 aromatic rings. The van der Waals surface area contributed by atoms with Gasteiger partial charge >= 0.3 is 0 Å². The molecule has 0 amide bonds. The first-order valence-corrected chi connectivity index (χ1v) is 18.6. The molecule has 0 saturated heterocycles. The molecule has 2 heteroatoms. The molecule has 0 aliphatic heterocycles. The SMILES string of the molecule is CCCCCC/C=C/C(=Nc1cc(CCCC)cc(CCCC)c1)C(CCCC)=Nc1cc(CCCC)cc(CCCC)c1. The molecule has 0 radical (unpaired) electrons. The predicted molar refractivity (Wildman–Crippen MR) is 199 cm³/mol. The van der Waals surface area contributed by atoms with Gasteiger partial charge in [0.25, 0.3) is 0 Å². The summed E-state index contributed by atoms with van der Waals surface area (Å²) in [6, 6.07) is 14.2. The van der Waals surface area contributed by atoms with Crippen LogP contribution in [0.2, 0.25) is 0 Å². The summed E-state index contributed by atoms with van der Waals surface area (Å²) >= 11 is 0. The molecule has 2 nitrogen and oxygen atoms in total. The third-order valence-corrected chi connectivity index (χ3v) is 8.43. The minimum Gasteiger partial charge on any atom is -0.251 e. The molecule has 0 atom stereocenters. The van der Waals surface area contributed by atoms with Crippen LogP contribution >= 0.6 is 0 Å². The summed E-state index contributed by atoms with van der Waals surface area (Å²) < 4.78 is 0. The van der Waals surface area contributed by atoms with E-state index in [9.17, 15) is 0 Å². The van der Waals surface area contributed by atoms with Crippen molar-refractivity contribution in [1.82, 2.24) is 0 Å². The Morgan fingerprint density at radius 2 is 0.909 bits per heavy atom. The second-order valence-corrected chi connectivity index (χ2v) is 12.8. The van der Waals surface area contributed by atoms with Gasteiger partial charge in [-0.1, -0.05) is 111 Å². The van der Waals surface area contributed by atoms with Crippen molar-refractivity contribution < 1.29 is 0 Å². The van der Waals surface area contributed by atoms with Gasteiger partial charge < -0.3 is 0 Å². The lowest BCUT2D eigenvalue weighted by Crippen LogP contribution is -2.12. The normalized spacial score (nSPS) is 12.5. The highest BCUT2D eigenvalue weighted by Crippen LogP contribution is 2.25. The smallest absolute Gasteiger partial charge is 0.0848 e. The average Bonchev–Trinajstić information content (AvgIpc) is 3.03. The number of aliphatic imine (C=N–C) groups is 2. The van der Waals surface area contributed by atoms with Crippen LogP contribution in [0.3, 0.4) is 0 Å². The quantitative estimate of drug-likeness (QED) is 0.0848. The van der Waals surface area contributed by atoms with Crippen LogP contribution in [0, 0.1) is 0 Å². The number of rotatable bonds is 24. The monoisotopic (exact) mass is 599 g/mol. The van der Waals surface area contributed by atoms with Gasteiger partial charge in [-0.15, -0.1) is 0 Å². The van der Waals surface area contributed by atoms with E-state index in [1.165, 1.54) is 99.3 Å². The van der Waals surface area contributed by atoms with E-state index in [1.54, 1.807) is 0 Å². The topological polar surface area (TPSA) is 24.7 Å². The number of aryl methyl sites for hydroxylation is 4. The summed E-state index contributed by atoms with van der Waals surface area (Å²) in [6.07, 6.45) is 28.4. The maximum absolute atomic E-state index is 5.44. The van der Waals surface area contributed by atoms with Gasteiger partial charge in [-0.2, -0.15) is 0 Å². The lowest BCUT2D eigenvalue weighted by Gasteiger charge is -2.12. The van der Waals surface area contributed by atoms with Gasteiger partial charge in [-0.25, -0.2) is 4.99 Å². The lowest BCUT2D eigenvalue weighted by atomic mass is 10.00. The molecular weight excluding hydrogens is 532 g/mol. The molecule has 0 bridgehead atoms. The van der Waals surface area contributed by atoms with E-state index in [4.69, 9.17) is 9.98 Å². The minimum atomic E-state index is 0.956. The first-order valence-electron chi connectivity index (χ1n) is 18.6. The van der Waals surface area contributed by atoms with E-state index in [0.29, 0.717) is 0 Å². The molecule has 2 aromatic carbocycles. The predicted octanol–water partition coefficient (Wildman–Crippen LogP) is 13.6. The zero-order valence-electron chi connectivity index (χ0n) is 29.7. The fourth-order valence-corrected chi connectivity index (χ4v) is 5.68. The van der Waals surface area contributed by atoms with E-state index in [2.05, 4.69) is 90.1 Å². The number of hydrogen-bond acceptors (Lipinski definition) is 2. The maximum Gasteiger partial charge on any atom is 0.0848 e. The Bertz CT molecular complexity index is 1080. The Morgan fingerprint density at radius 3 is 1.34 bits per heavy atom. The Hall–Kier alpha value is -2.48. The number of allylic oxidation sites excluding steroid dienone is 2. The van der Waals surface area contributed by atoms with Gasteiger partial charge in [0.2, 0.25) is 0 Å². The number of unbranched alkanes of at least 4 members (excludes halogenated alkanes) is 9. The summed E-state index contributed by atoms with van der Waals surface area (Å²) in [5, 5.41) is 0. The highest BCUT2D eigenvalue weighted by molar-refractivity contribution is 6.47. The van der Waals surface area contributed by atoms with Crippen molar-refractivity contribution in [3.05, 3.63) is 70.8 Å². The van der Waals surface area contributed by atoms with E-state index in [0.717, 1.165) is 74.2 Å². The molecular formula is C42H66N2. The molecule has 0 fully saturated rings. The van der Waals surface area contributed by atoms with Crippen molar-refractivity contribution in [2.75, 3.05) is 0 Å². The first-order chi connectivity index (χ1) is 21.6. The maximum atomic E-state index is 5.44. The standard InChI is InChI=1S/C42H66N2/c1-7-13-19-20-21-22-28-42(44-40-33-37(25-16-10-4)30-38(34-40)26-17-11-5)41(27-18-12-6)43-39-31-35(23-14-8-2)29-36(32-39)24-15-9-3/h22,28-34H,7-21,23-27H2,1-6H3/b28-22+,43-41?,44-42?. The Morgan fingerprint density at radius 1 is 0.477 bits per heavy atom. The molecule has 0 saturated carbocycles. The summed E-state index contributed by atoms with van der Waals surface area (Å²) in [7, 11) is 0. The minimum absolute atomic E-state index is 0.956. The molecule has 0 aliphatic carbocycles. The van der Waals surface area contributed by atoms with E-state index < -0.39 is 0 Å². The van der Waals surface area contributed by atoms with Gasteiger partial charge in [0, 0.05) is 0 Å². The van der Waals surface area contributed by atoms with Gasteiger partial charge in [0.15, 0.2) is 0 Å². The highest BCUT2D eigenvalue weighted by Gasteiger charge is 2.11. The Kier molecular flexibility index (Phi) is 20.4. The van der Waals surface area contributed by atoms with Gasteiger partial charge in [0.1, 0.15) is 0 Å². The molecule has 0 aromatic heterocycles.